The number of rotatable bonds is 4. The number of nitrogens with one attached hydrogen (secondary N) is 1. The number of fused-ring (bicyclic) bond motifs is 1. The van der Waals surface area contributed by atoms with Gasteiger partial charge in [0.15, 0.2) is 0 Å². The first-order valence-electron chi connectivity index (χ1n) is 9.55. The normalized spacial score (nSPS) is 20.7. The van der Waals surface area contributed by atoms with Gasteiger partial charge in [0.25, 0.3) is 5.91 Å². The number of aromatic carboxylic acids is 1. The summed E-state index contributed by atoms with van der Waals surface area (Å²) >= 11 is 0.952. The zero-order chi connectivity index (χ0) is 22.4. The predicted molar refractivity (Wildman–Crippen MR) is 103 cm³/mol. The van der Waals surface area contributed by atoms with Crippen molar-refractivity contribution in [3.63, 3.8) is 0 Å². The summed E-state index contributed by atoms with van der Waals surface area (Å²) in [7, 11) is 0. The van der Waals surface area contributed by atoms with E-state index in [1.54, 1.807) is 20.8 Å². The van der Waals surface area contributed by atoms with Crippen LogP contribution in [0.15, 0.2) is 0 Å². The Bertz CT molecular complexity index is 871. The Kier molecular flexibility index (Phi) is 5.80. The molecule has 2 aliphatic rings. The molecule has 0 spiro atoms. The van der Waals surface area contributed by atoms with E-state index in [-0.39, 0.29) is 28.1 Å². The number of amides is 2. The number of aryl methyl sites for hydroxylation is 1. The van der Waals surface area contributed by atoms with Crippen LogP contribution in [0.1, 0.15) is 60.8 Å². The summed E-state index contributed by atoms with van der Waals surface area (Å²) in [5.74, 6) is -6.27. The molecule has 0 unspecified atom stereocenters. The van der Waals surface area contributed by atoms with Crippen LogP contribution in [0.3, 0.4) is 0 Å². The summed E-state index contributed by atoms with van der Waals surface area (Å²) in [6.45, 7) is 5.18. The first-order chi connectivity index (χ1) is 13.8. The number of thiophene rings is 1. The predicted octanol–water partition coefficient (Wildman–Crippen LogP) is 3.60. The van der Waals surface area contributed by atoms with Crippen molar-refractivity contribution in [2.45, 2.75) is 70.4 Å². The van der Waals surface area contributed by atoms with Gasteiger partial charge in [0, 0.05) is 23.8 Å². The number of carboxylic acids is 1. The number of halogens is 2. The van der Waals surface area contributed by atoms with Crippen LogP contribution in [0.2, 0.25) is 0 Å². The van der Waals surface area contributed by atoms with Crippen LogP contribution in [0.5, 0.6) is 0 Å². The zero-order valence-corrected chi connectivity index (χ0v) is 17.6. The second kappa shape index (κ2) is 7.77. The molecule has 1 fully saturated rings. The molecule has 1 saturated carbocycles. The van der Waals surface area contributed by atoms with Crippen molar-refractivity contribution >= 4 is 34.3 Å². The highest BCUT2D eigenvalue weighted by Gasteiger charge is 2.50. The van der Waals surface area contributed by atoms with Gasteiger partial charge in [0.2, 0.25) is 5.92 Å². The number of hydroxylamine groups is 1. The fraction of sp³-hybridized carbons (Fsp3) is 0.632. The number of carbonyl (C=O) groups excluding carboxylic acids is 2. The quantitative estimate of drug-likeness (QED) is 0.481. The number of hydrogen-bond donors (Lipinski definition) is 3. The monoisotopic (exact) mass is 446 g/mol. The molecule has 166 valence electrons. The van der Waals surface area contributed by atoms with Crippen LogP contribution >= 0.6 is 11.3 Å². The SMILES string of the molecule is CC(C)(C)OC(=O)N[C@H]1CCc2sc(N(O)C(=O)C3CC(F)(F)C3)c(C(=O)O)c2C1. The maximum Gasteiger partial charge on any atom is 0.407 e. The first-order valence-corrected chi connectivity index (χ1v) is 10.4. The lowest BCUT2D eigenvalue weighted by Crippen LogP contribution is -2.46. The van der Waals surface area contributed by atoms with Gasteiger partial charge in [-0.2, -0.15) is 5.06 Å². The third-order valence-electron chi connectivity index (χ3n) is 5.02. The maximum absolute atomic E-state index is 13.1. The van der Waals surface area contributed by atoms with Crippen LogP contribution < -0.4 is 10.4 Å². The molecule has 2 aliphatic carbocycles. The Morgan fingerprint density at radius 1 is 1.27 bits per heavy atom. The molecule has 1 heterocycles. The van der Waals surface area contributed by atoms with E-state index in [1.165, 1.54) is 0 Å². The average Bonchev–Trinajstić information content (AvgIpc) is 2.95. The van der Waals surface area contributed by atoms with Crippen molar-refractivity contribution in [3.05, 3.63) is 16.0 Å². The van der Waals surface area contributed by atoms with E-state index >= 15 is 0 Å². The van der Waals surface area contributed by atoms with E-state index < -0.39 is 48.3 Å². The van der Waals surface area contributed by atoms with E-state index in [2.05, 4.69) is 5.32 Å². The van der Waals surface area contributed by atoms with Gasteiger partial charge in [-0.05, 0) is 45.6 Å². The number of hydrogen-bond acceptors (Lipinski definition) is 6. The molecular formula is C19H24F2N2O6S. The van der Waals surface area contributed by atoms with E-state index in [0.29, 0.717) is 23.3 Å². The van der Waals surface area contributed by atoms with Crippen molar-refractivity contribution < 1.29 is 38.2 Å². The zero-order valence-electron chi connectivity index (χ0n) is 16.8. The van der Waals surface area contributed by atoms with Gasteiger partial charge >= 0.3 is 12.1 Å². The second-order valence-corrected chi connectivity index (χ2v) is 9.77. The van der Waals surface area contributed by atoms with Crippen LogP contribution in [-0.2, 0) is 22.4 Å². The Balaban J connectivity index is 1.78. The fourth-order valence-corrected chi connectivity index (χ4v) is 4.90. The van der Waals surface area contributed by atoms with Gasteiger partial charge in [0.05, 0.1) is 5.92 Å². The summed E-state index contributed by atoms with van der Waals surface area (Å²) < 4.78 is 31.4. The fourth-order valence-electron chi connectivity index (χ4n) is 3.65. The number of anilines is 1. The number of alkyl halides is 2. The average molecular weight is 446 g/mol. The van der Waals surface area contributed by atoms with Crippen LogP contribution in [-0.4, -0.2) is 45.8 Å². The lowest BCUT2D eigenvalue weighted by Gasteiger charge is -2.35. The van der Waals surface area contributed by atoms with Gasteiger partial charge < -0.3 is 15.2 Å². The summed E-state index contributed by atoms with van der Waals surface area (Å²) in [6.07, 6.45) is -0.801. The molecule has 0 aliphatic heterocycles. The molecule has 1 atom stereocenters. The topological polar surface area (TPSA) is 116 Å². The minimum atomic E-state index is -2.94. The highest BCUT2D eigenvalue weighted by molar-refractivity contribution is 7.17. The molecular weight excluding hydrogens is 422 g/mol. The largest absolute Gasteiger partial charge is 0.478 e. The molecule has 2 amide bonds. The third kappa shape index (κ3) is 4.72. The summed E-state index contributed by atoms with van der Waals surface area (Å²) in [5, 5.41) is 22.7. The number of carbonyl (C=O) groups is 3. The van der Waals surface area contributed by atoms with Crippen LogP contribution in [0.4, 0.5) is 18.6 Å². The minimum absolute atomic E-state index is 0.189. The van der Waals surface area contributed by atoms with Gasteiger partial charge in [-0.15, -0.1) is 11.3 Å². The van der Waals surface area contributed by atoms with Crippen molar-refractivity contribution in [2.24, 2.45) is 5.92 Å². The van der Waals surface area contributed by atoms with Gasteiger partial charge in [-0.3, -0.25) is 10.0 Å². The maximum atomic E-state index is 13.1. The van der Waals surface area contributed by atoms with E-state index in [1.807, 2.05) is 0 Å². The standard InChI is InChI=1S/C19H24F2N2O6S/c1-18(2,3)29-17(27)22-10-4-5-12-11(6-10)13(16(25)26)15(30-12)23(28)14(24)9-7-19(20,21)8-9/h9-10,28H,4-8H2,1-3H3,(H,22,27)(H,25,26)/t10-/m0/s1. The molecule has 3 N–H and O–H groups in total. The Hall–Kier alpha value is -2.27. The van der Waals surface area contributed by atoms with Gasteiger partial charge in [0.1, 0.15) is 16.2 Å². The van der Waals surface area contributed by atoms with Gasteiger partial charge in [-0.1, -0.05) is 0 Å². The molecule has 8 nitrogen and oxygen atoms in total. The Labute approximate surface area is 175 Å². The summed E-state index contributed by atoms with van der Waals surface area (Å²) in [4.78, 5) is 36.9. The molecule has 11 heteroatoms. The molecule has 0 saturated heterocycles. The molecule has 1 aromatic rings. The lowest BCUT2D eigenvalue weighted by atomic mass is 9.80. The molecule has 0 radical (unpaired) electrons. The highest BCUT2D eigenvalue weighted by Crippen LogP contribution is 2.45. The van der Waals surface area contributed by atoms with Crippen LogP contribution in [0.25, 0.3) is 0 Å². The molecule has 0 aromatic carbocycles. The van der Waals surface area contributed by atoms with Crippen molar-refractivity contribution in [1.82, 2.24) is 5.32 Å². The van der Waals surface area contributed by atoms with E-state index in [4.69, 9.17) is 4.74 Å². The Morgan fingerprint density at radius 2 is 1.90 bits per heavy atom. The molecule has 0 bridgehead atoms. The highest BCUT2D eigenvalue weighted by atomic mass is 32.1. The molecule has 1 aromatic heterocycles. The Morgan fingerprint density at radius 3 is 2.43 bits per heavy atom. The van der Waals surface area contributed by atoms with Crippen molar-refractivity contribution in [3.8, 4) is 0 Å². The first kappa shape index (κ1) is 22.4. The van der Waals surface area contributed by atoms with Crippen LogP contribution in [0, 0.1) is 5.92 Å². The number of ether oxygens (including phenoxy) is 1. The molecule has 3 rings (SSSR count). The third-order valence-corrected chi connectivity index (χ3v) is 6.28. The smallest absolute Gasteiger partial charge is 0.407 e. The summed E-state index contributed by atoms with van der Waals surface area (Å²) in [5.41, 5.74) is -0.505. The number of nitrogens with zero attached hydrogens (tertiary/aromatic N) is 1. The van der Waals surface area contributed by atoms with Crippen molar-refractivity contribution in [2.75, 3.05) is 5.06 Å². The second-order valence-electron chi connectivity index (χ2n) is 8.69. The number of alkyl carbamates (subject to hydrolysis) is 1. The van der Waals surface area contributed by atoms with Gasteiger partial charge in [-0.25, -0.2) is 18.4 Å². The van der Waals surface area contributed by atoms with E-state index in [9.17, 15) is 33.5 Å². The minimum Gasteiger partial charge on any atom is -0.478 e. The lowest BCUT2D eigenvalue weighted by molar-refractivity contribution is -0.152. The van der Waals surface area contributed by atoms with Crippen molar-refractivity contribution in [1.29, 1.82) is 0 Å². The summed E-state index contributed by atoms with van der Waals surface area (Å²) in [6, 6.07) is -0.374. The van der Waals surface area contributed by atoms with E-state index in [0.717, 1.165) is 11.3 Å². The molecule has 30 heavy (non-hydrogen) atoms. The number of carboxylic acid groups (broad SMARTS) is 1.